The molecule has 138 valence electrons. The van der Waals surface area contributed by atoms with Crippen LogP contribution in [0.5, 0.6) is 11.5 Å². The molecule has 0 aromatic heterocycles. The lowest BCUT2D eigenvalue weighted by atomic mass is 10.1. The number of nitriles is 1. The second-order valence-corrected chi connectivity index (χ2v) is 5.59. The number of carbonyl (C=O) groups is 1. The molecule has 0 aliphatic heterocycles. The van der Waals surface area contributed by atoms with E-state index < -0.39 is 10.8 Å². The fraction of sp³-hybridized carbons (Fsp3) is 0.111. The van der Waals surface area contributed by atoms with Crippen LogP contribution in [-0.4, -0.2) is 25.1 Å². The molecule has 0 saturated carbocycles. The summed E-state index contributed by atoms with van der Waals surface area (Å²) in [7, 11) is 2.74. The number of nitro benzene ring substituents is 1. The quantitative estimate of drug-likeness (QED) is 0.349. The molecule has 1 amide bonds. The molecular formula is C18H14ClN3O5. The largest absolute Gasteiger partial charge is 0.495 e. The van der Waals surface area contributed by atoms with E-state index in [0.717, 1.165) is 0 Å². The minimum atomic E-state index is -0.712. The summed E-state index contributed by atoms with van der Waals surface area (Å²) >= 11 is 5.91. The summed E-state index contributed by atoms with van der Waals surface area (Å²) in [6.07, 6.45) is 1.23. The highest BCUT2D eigenvalue weighted by molar-refractivity contribution is 6.31. The topological polar surface area (TPSA) is 114 Å². The van der Waals surface area contributed by atoms with Crippen molar-refractivity contribution in [3.05, 3.63) is 62.7 Å². The zero-order valence-electron chi connectivity index (χ0n) is 14.4. The van der Waals surface area contributed by atoms with Crippen LogP contribution >= 0.6 is 11.6 Å². The van der Waals surface area contributed by atoms with Gasteiger partial charge in [-0.05, 0) is 35.9 Å². The van der Waals surface area contributed by atoms with Gasteiger partial charge in [0.1, 0.15) is 17.4 Å². The Kier molecular flexibility index (Phi) is 6.36. The number of hydrogen-bond donors (Lipinski definition) is 1. The summed E-state index contributed by atoms with van der Waals surface area (Å²) in [6.45, 7) is 0. The zero-order valence-corrected chi connectivity index (χ0v) is 15.1. The van der Waals surface area contributed by atoms with Gasteiger partial charge in [-0.2, -0.15) is 5.26 Å². The molecule has 0 spiro atoms. The van der Waals surface area contributed by atoms with Gasteiger partial charge in [-0.1, -0.05) is 17.7 Å². The van der Waals surface area contributed by atoms with Crippen LogP contribution in [0.1, 0.15) is 5.56 Å². The average Bonchev–Trinajstić information content (AvgIpc) is 2.65. The average molecular weight is 388 g/mol. The molecule has 2 rings (SSSR count). The van der Waals surface area contributed by atoms with Crippen molar-refractivity contribution in [3.63, 3.8) is 0 Å². The molecule has 27 heavy (non-hydrogen) atoms. The number of ether oxygens (including phenoxy) is 2. The van der Waals surface area contributed by atoms with Gasteiger partial charge in [0.05, 0.1) is 24.8 Å². The van der Waals surface area contributed by atoms with E-state index in [0.29, 0.717) is 16.3 Å². The molecule has 0 atom stereocenters. The van der Waals surface area contributed by atoms with Gasteiger partial charge in [0.25, 0.3) is 5.91 Å². The first-order valence-corrected chi connectivity index (χ1v) is 7.86. The molecule has 0 heterocycles. The summed E-state index contributed by atoms with van der Waals surface area (Å²) < 4.78 is 10.1. The number of rotatable bonds is 6. The number of nitro groups is 1. The Balaban J connectivity index is 2.35. The monoisotopic (exact) mass is 387 g/mol. The second kappa shape index (κ2) is 8.69. The van der Waals surface area contributed by atoms with Crippen molar-refractivity contribution in [2.24, 2.45) is 0 Å². The summed E-state index contributed by atoms with van der Waals surface area (Å²) in [5.41, 5.74) is 0.0565. The number of nitrogens with zero attached hydrogens (tertiary/aromatic N) is 2. The number of amides is 1. The Bertz CT molecular complexity index is 966. The molecule has 0 aliphatic rings. The standard InChI is InChI=1S/C18H14ClN3O5/c1-26-16-6-4-13(19)9-14(16)21-18(23)12(10-20)7-11-3-5-17(27-2)15(8-11)22(24)25/h3-9H,1-2H3,(H,21,23)/b12-7+. The van der Waals surface area contributed by atoms with Crippen LogP contribution in [0.4, 0.5) is 11.4 Å². The molecule has 0 fully saturated rings. The lowest BCUT2D eigenvalue weighted by Crippen LogP contribution is -2.14. The lowest BCUT2D eigenvalue weighted by Gasteiger charge is -2.10. The van der Waals surface area contributed by atoms with Gasteiger partial charge in [-0.25, -0.2) is 0 Å². The summed E-state index contributed by atoms with van der Waals surface area (Å²) in [5.74, 6) is -0.273. The van der Waals surface area contributed by atoms with E-state index in [4.69, 9.17) is 21.1 Å². The van der Waals surface area contributed by atoms with Crippen LogP contribution < -0.4 is 14.8 Å². The molecule has 0 unspecified atom stereocenters. The Hall–Kier alpha value is -3.57. The Labute approximate surface area is 159 Å². The first-order chi connectivity index (χ1) is 12.9. The zero-order chi connectivity index (χ0) is 20.0. The Morgan fingerprint density at radius 2 is 1.89 bits per heavy atom. The van der Waals surface area contributed by atoms with E-state index in [-0.39, 0.29) is 22.7 Å². The summed E-state index contributed by atoms with van der Waals surface area (Å²) in [6, 6.07) is 10.5. The highest BCUT2D eigenvalue weighted by atomic mass is 35.5. The molecule has 0 radical (unpaired) electrons. The first-order valence-electron chi connectivity index (χ1n) is 7.48. The van der Waals surface area contributed by atoms with Gasteiger partial charge in [-0.15, -0.1) is 0 Å². The van der Waals surface area contributed by atoms with Crippen LogP contribution in [0, 0.1) is 21.4 Å². The summed E-state index contributed by atoms with van der Waals surface area (Å²) in [4.78, 5) is 22.9. The third-order valence-corrected chi connectivity index (χ3v) is 3.72. The van der Waals surface area contributed by atoms with Gasteiger partial charge in [0.15, 0.2) is 5.75 Å². The first kappa shape index (κ1) is 19.8. The van der Waals surface area contributed by atoms with Crippen LogP contribution in [0.15, 0.2) is 42.0 Å². The van der Waals surface area contributed by atoms with Gasteiger partial charge < -0.3 is 14.8 Å². The van der Waals surface area contributed by atoms with Gasteiger partial charge in [-0.3, -0.25) is 14.9 Å². The fourth-order valence-corrected chi connectivity index (χ4v) is 2.39. The summed E-state index contributed by atoms with van der Waals surface area (Å²) in [5, 5.41) is 23.3. The highest BCUT2D eigenvalue weighted by Crippen LogP contribution is 2.30. The third kappa shape index (κ3) is 4.74. The SMILES string of the molecule is COc1ccc(Cl)cc1NC(=O)/C(C#N)=C/c1ccc(OC)c([N+](=O)[O-])c1. The lowest BCUT2D eigenvalue weighted by molar-refractivity contribution is -0.385. The predicted octanol–water partition coefficient (Wildman–Crippen LogP) is 3.81. The number of benzene rings is 2. The van der Waals surface area contributed by atoms with Crippen molar-refractivity contribution in [3.8, 4) is 17.6 Å². The molecule has 0 aliphatic carbocycles. The van der Waals surface area contributed by atoms with E-state index in [1.54, 1.807) is 18.2 Å². The number of anilines is 1. The van der Waals surface area contributed by atoms with E-state index in [2.05, 4.69) is 5.32 Å². The van der Waals surface area contributed by atoms with E-state index in [9.17, 15) is 20.2 Å². The maximum absolute atomic E-state index is 12.4. The molecular weight excluding hydrogens is 374 g/mol. The molecule has 0 saturated heterocycles. The Morgan fingerprint density at radius 3 is 2.48 bits per heavy atom. The normalized spacial score (nSPS) is 10.7. The Morgan fingerprint density at radius 1 is 1.22 bits per heavy atom. The number of methoxy groups -OCH3 is 2. The number of carbonyl (C=O) groups excluding carboxylic acids is 1. The van der Waals surface area contributed by atoms with E-state index >= 15 is 0 Å². The van der Waals surface area contributed by atoms with Crippen molar-refractivity contribution >= 4 is 35.0 Å². The minimum Gasteiger partial charge on any atom is -0.495 e. The second-order valence-electron chi connectivity index (χ2n) is 5.16. The van der Waals surface area contributed by atoms with E-state index in [1.807, 2.05) is 0 Å². The van der Waals surface area contributed by atoms with Gasteiger partial charge in [0.2, 0.25) is 0 Å². The minimum absolute atomic E-state index is 0.0729. The molecule has 2 aromatic rings. The van der Waals surface area contributed by atoms with Crippen LogP contribution in [0.25, 0.3) is 6.08 Å². The fourth-order valence-electron chi connectivity index (χ4n) is 2.22. The van der Waals surface area contributed by atoms with Gasteiger partial charge in [0, 0.05) is 11.1 Å². The van der Waals surface area contributed by atoms with Crippen molar-refractivity contribution in [1.82, 2.24) is 0 Å². The highest BCUT2D eigenvalue weighted by Gasteiger charge is 2.17. The molecule has 9 heteroatoms. The number of hydrogen-bond acceptors (Lipinski definition) is 6. The van der Waals surface area contributed by atoms with Gasteiger partial charge >= 0.3 is 5.69 Å². The molecule has 8 nitrogen and oxygen atoms in total. The van der Waals surface area contributed by atoms with Crippen molar-refractivity contribution < 1.29 is 19.2 Å². The van der Waals surface area contributed by atoms with Crippen LogP contribution in [0.3, 0.4) is 0 Å². The van der Waals surface area contributed by atoms with Crippen molar-refractivity contribution in [2.75, 3.05) is 19.5 Å². The maximum atomic E-state index is 12.4. The molecule has 0 bridgehead atoms. The van der Waals surface area contributed by atoms with Crippen LogP contribution in [0.2, 0.25) is 5.02 Å². The smallest absolute Gasteiger partial charge is 0.311 e. The molecule has 2 aromatic carbocycles. The third-order valence-electron chi connectivity index (χ3n) is 3.49. The number of halogens is 1. The van der Waals surface area contributed by atoms with Crippen LogP contribution in [-0.2, 0) is 4.79 Å². The van der Waals surface area contributed by atoms with Crippen molar-refractivity contribution in [2.45, 2.75) is 0 Å². The molecule has 1 N–H and O–H groups in total. The van der Waals surface area contributed by atoms with E-state index in [1.165, 1.54) is 44.6 Å². The maximum Gasteiger partial charge on any atom is 0.311 e. The van der Waals surface area contributed by atoms with Crippen molar-refractivity contribution in [1.29, 1.82) is 5.26 Å². The predicted molar refractivity (Wildman–Crippen MR) is 99.9 cm³/mol. The number of nitrogens with one attached hydrogen (secondary N) is 1.